The molecule has 3 aromatic carbocycles. The smallest absolute Gasteiger partial charge is 0.227 e. The Balaban J connectivity index is 1.38. The number of aryl methyl sites for hydroxylation is 1. The third-order valence-corrected chi connectivity index (χ3v) is 6.38. The highest BCUT2D eigenvalue weighted by Gasteiger charge is 2.35. The summed E-state index contributed by atoms with van der Waals surface area (Å²) >= 11 is 0. The van der Waals surface area contributed by atoms with Crippen LogP contribution in [0.5, 0.6) is 11.5 Å². The second-order valence-electron chi connectivity index (χ2n) is 8.93. The van der Waals surface area contributed by atoms with Crippen LogP contribution in [0.25, 0.3) is 11.0 Å². The Labute approximate surface area is 204 Å². The highest BCUT2D eigenvalue weighted by Crippen LogP contribution is 2.34. The van der Waals surface area contributed by atoms with Crippen LogP contribution in [0, 0.1) is 6.92 Å². The van der Waals surface area contributed by atoms with Gasteiger partial charge in [-0.25, -0.2) is 4.98 Å². The summed E-state index contributed by atoms with van der Waals surface area (Å²) in [6.07, 6.45) is -0.397. The lowest BCUT2D eigenvalue weighted by Crippen LogP contribution is -2.26. The molecule has 180 valence electrons. The topological polar surface area (TPSA) is 76.8 Å². The highest BCUT2D eigenvalue weighted by atomic mass is 16.5. The van der Waals surface area contributed by atoms with Crippen molar-refractivity contribution in [2.24, 2.45) is 0 Å². The molecule has 0 saturated carbocycles. The van der Waals surface area contributed by atoms with Crippen LogP contribution in [-0.2, 0) is 11.3 Å². The Hall–Kier alpha value is -3.84. The molecule has 2 atom stereocenters. The van der Waals surface area contributed by atoms with Gasteiger partial charge in [0, 0.05) is 24.6 Å². The third kappa shape index (κ3) is 4.72. The van der Waals surface area contributed by atoms with E-state index >= 15 is 0 Å². The van der Waals surface area contributed by atoms with Crippen LogP contribution in [0.2, 0.25) is 0 Å². The van der Waals surface area contributed by atoms with Gasteiger partial charge >= 0.3 is 0 Å². The van der Waals surface area contributed by atoms with Crippen molar-refractivity contribution < 1.29 is 19.4 Å². The van der Waals surface area contributed by atoms with E-state index in [1.807, 2.05) is 89.2 Å². The first-order valence-corrected chi connectivity index (χ1v) is 11.8. The SMILES string of the molecule is COc1ccccc1OC[C@@H](O)Cn1c([C@@H]2CC(=O)N(c3cccc(C)c3)C2)nc2ccccc21. The number of para-hydroxylation sites is 4. The number of fused-ring (bicyclic) bond motifs is 1. The molecule has 0 radical (unpaired) electrons. The van der Waals surface area contributed by atoms with Crippen LogP contribution < -0.4 is 14.4 Å². The molecule has 1 amide bonds. The fourth-order valence-corrected chi connectivity index (χ4v) is 4.71. The van der Waals surface area contributed by atoms with E-state index in [9.17, 15) is 9.90 Å². The Bertz CT molecular complexity index is 1350. The minimum atomic E-state index is -0.777. The number of carbonyl (C=O) groups excluding carboxylic acids is 1. The lowest BCUT2D eigenvalue weighted by Gasteiger charge is -2.19. The van der Waals surface area contributed by atoms with Gasteiger partial charge in [-0.15, -0.1) is 0 Å². The number of aromatic nitrogens is 2. The summed E-state index contributed by atoms with van der Waals surface area (Å²) < 4.78 is 13.2. The molecular weight excluding hydrogens is 442 g/mol. The molecule has 0 bridgehead atoms. The van der Waals surface area contributed by atoms with Gasteiger partial charge in [0.15, 0.2) is 11.5 Å². The minimum Gasteiger partial charge on any atom is -0.493 e. The molecule has 0 spiro atoms. The van der Waals surface area contributed by atoms with E-state index in [-0.39, 0.29) is 18.4 Å². The van der Waals surface area contributed by atoms with E-state index in [2.05, 4.69) is 0 Å². The molecule has 1 aliphatic rings. The van der Waals surface area contributed by atoms with Crippen molar-refractivity contribution in [1.82, 2.24) is 9.55 Å². The number of amides is 1. The van der Waals surface area contributed by atoms with Gasteiger partial charge in [0.2, 0.25) is 5.91 Å². The van der Waals surface area contributed by atoms with Crippen molar-refractivity contribution in [1.29, 1.82) is 0 Å². The Morgan fingerprint density at radius 3 is 2.63 bits per heavy atom. The zero-order valence-corrected chi connectivity index (χ0v) is 19.9. The molecule has 1 aromatic heterocycles. The van der Waals surface area contributed by atoms with Gasteiger partial charge in [-0.1, -0.05) is 36.4 Å². The monoisotopic (exact) mass is 471 g/mol. The van der Waals surface area contributed by atoms with Crippen LogP contribution in [0.4, 0.5) is 5.69 Å². The van der Waals surface area contributed by atoms with Gasteiger partial charge in [0.1, 0.15) is 18.5 Å². The zero-order chi connectivity index (χ0) is 24.4. The molecule has 0 unspecified atom stereocenters. The van der Waals surface area contributed by atoms with Crippen molar-refractivity contribution in [2.45, 2.75) is 31.9 Å². The standard InChI is InChI=1S/C28H29N3O4/c1-19-8-7-9-21(14-19)30-16-20(15-27(30)33)28-29-23-10-3-4-11-24(23)31(28)17-22(32)18-35-26-13-6-5-12-25(26)34-2/h3-14,20,22,32H,15-18H2,1-2H3/t20-,22+/m1/s1. The first-order chi connectivity index (χ1) is 17.0. The molecule has 5 rings (SSSR count). The number of rotatable bonds is 8. The van der Waals surface area contributed by atoms with E-state index in [1.54, 1.807) is 7.11 Å². The van der Waals surface area contributed by atoms with E-state index in [0.717, 1.165) is 28.1 Å². The van der Waals surface area contributed by atoms with Crippen molar-refractivity contribution in [3.63, 3.8) is 0 Å². The second kappa shape index (κ2) is 9.80. The number of hydrogen-bond donors (Lipinski definition) is 1. The average Bonchev–Trinajstić information content (AvgIpc) is 3.43. The fourth-order valence-electron chi connectivity index (χ4n) is 4.71. The normalized spacial score (nSPS) is 16.6. The average molecular weight is 472 g/mol. The molecule has 1 fully saturated rings. The largest absolute Gasteiger partial charge is 0.493 e. The number of anilines is 1. The Morgan fingerprint density at radius 2 is 1.83 bits per heavy atom. The van der Waals surface area contributed by atoms with Crippen LogP contribution in [0.3, 0.4) is 0 Å². The second-order valence-corrected chi connectivity index (χ2v) is 8.93. The molecule has 2 heterocycles. The Kier molecular flexibility index (Phi) is 6.42. The molecule has 1 N–H and O–H groups in total. The van der Waals surface area contributed by atoms with Gasteiger partial charge in [0.25, 0.3) is 0 Å². The van der Waals surface area contributed by atoms with Crippen molar-refractivity contribution in [3.05, 3.63) is 84.2 Å². The summed E-state index contributed by atoms with van der Waals surface area (Å²) in [5.74, 6) is 2.03. The van der Waals surface area contributed by atoms with E-state index in [1.165, 1.54) is 0 Å². The Morgan fingerprint density at radius 1 is 1.06 bits per heavy atom. The number of benzene rings is 3. The van der Waals surface area contributed by atoms with E-state index in [0.29, 0.717) is 31.0 Å². The maximum atomic E-state index is 12.9. The number of nitrogens with zero attached hydrogens (tertiary/aromatic N) is 3. The van der Waals surface area contributed by atoms with Gasteiger partial charge in [0.05, 0.1) is 24.7 Å². The summed E-state index contributed by atoms with van der Waals surface area (Å²) in [6, 6.07) is 23.2. The minimum absolute atomic E-state index is 0.0715. The molecular formula is C28H29N3O4. The van der Waals surface area contributed by atoms with Gasteiger partial charge in [-0.05, 0) is 48.9 Å². The molecule has 7 heteroatoms. The number of hydrogen-bond acceptors (Lipinski definition) is 5. The number of aliphatic hydroxyl groups excluding tert-OH is 1. The highest BCUT2D eigenvalue weighted by molar-refractivity contribution is 5.96. The number of carbonyl (C=O) groups is 1. The van der Waals surface area contributed by atoms with Crippen LogP contribution in [0.1, 0.15) is 23.7 Å². The predicted octanol–water partition coefficient (Wildman–Crippen LogP) is 4.31. The summed E-state index contributed by atoms with van der Waals surface area (Å²) in [5, 5.41) is 10.9. The van der Waals surface area contributed by atoms with Crippen LogP contribution in [-0.4, -0.2) is 46.9 Å². The first kappa shape index (κ1) is 22.9. The van der Waals surface area contributed by atoms with E-state index < -0.39 is 6.10 Å². The molecule has 1 saturated heterocycles. The van der Waals surface area contributed by atoms with E-state index in [4.69, 9.17) is 14.5 Å². The summed E-state index contributed by atoms with van der Waals surface area (Å²) in [6.45, 7) is 2.99. The fraction of sp³-hybridized carbons (Fsp3) is 0.286. The van der Waals surface area contributed by atoms with Gasteiger partial charge < -0.3 is 24.0 Å². The summed E-state index contributed by atoms with van der Waals surface area (Å²) in [7, 11) is 1.59. The summed E-state index contributed by atoms with van der Waals surface area (Å²) in [5.41, 5.74) is 3.80. The van der Waals surface area contributed by atoms with Gasteiger partial charge in [-0.3, -0.25) is 4.79 Å². The lowest BCUT2D eigenvalue weighted by molar-refractivity contribution is -0.117. The molecule has 0 aliphatic carbocycles. The quantitative estimate of drug-likeness (QED) is 0.414. The number of aliphatic hydroxyl groups is 1. The molecule has 4 aromatic rings. The molecule has 1 aliphatic heterocycles. The van der Waals surface area contributed by atoms with Crippen LogP contribution >= 0.6 is 0 Å². The number of ether oxygens (including phenoxy) is 2. The summed E-state index contributed by atoms with van der Waals surface area (Å²) in [4.78, 5) is 19.7. The third-order valence-electron chi connectivity index (χ3n) is 6.38. The molecule has 7 nitrogen and oxygen atoms in total. The maximum Gasteiger partial charge on any atom is 0.227 e. The number of methoxy groups -OCH3 is 1. The van der Waals surface area contributed by atoms with Crippen LogP contribution in [0.15, 0.2) is 72.8 Å². The van der Waals surface area contributed by atoms with Gasteiger partial charge in [-0.2, -0.15) is 0 Å². The lowest BCUT2D eigenvalue weighted by atomic mass is 10.1. The van der Waals surface area contributed by atoms with Crippen molar-refractivity contribution in [2.75, 3.05) is 25.2 Å². The van der Waals surface area contributed by atoms with Crippen molar-refractivity contribution in [3.8, 4) is 11.5 Å². The first-order valence-electron chi connectivity index (χ1n) is 11.8. The maximum absolute atomic E-state index is 12.9. The van der Waals surface area contributed by atoms with Crippen molar-refractivity contribution >= 4 is 22.6 Å². The number of imidazole rings is 1. The predicted molar refractivity (Wildman–Crippen MR) is 135 cm³/mol. The zero-order valence-electron chi connectivity index (χ0n) is 19.9. The molecule has 35 heavy (non-hydrogen) atoms.